The Hall–Kier alpha value is -5.08. The average Bonchev–Trinajstić information content (AvgIpc) is 3.60. The van der Waals surface area contributed by atoms with Gasteiger partial charge in [0.1, 0.15) is 0 Å². The Labute approximate surface area is 222 Å². The van der Waals surface area contributed by atoms with Gasteiger partial charge in [0.05, 0.1) is 20.8 Å². The van der Waals surface area contributed by atoms with E-state index < -0.39 is 24.1 Å². The van der Waals surface area contributed by atoms with Crippen molar-refractivity contribution in [3.63, 3.8) is 0 Å². The van der Waals surface area contributed by atoms with Gasteiger partial charge >= 0.3 is 24.1 Å². The third-order valence-electron chi connectivity index (χ3n) is 4.35. The third kappa shape index (κ3) is 7.22. The maximum atomic E-state index is 11.9. The minimum absolute atomic E-state index is 0.0281. The number of nitrogens with zero attached hydrogens (tertiary/aromatic N) is 2. The van der Waals surface area contributed by atoms with Crippen molar-refractivity contribution in [1.82, 2.24) is 20.9 Å². The number of nitrogens with one attached hydrogen (secondary N) is 2. The summed E-state index contributed by atoms with van der Waals surface area (Å²) in [6.07, 6.45) is -0.915. The van der Waals surface area contributed by atoms with Crippen molar-refractivity contribution in [1.29, 1.82) is 0 Å². The molecule has 2 heterocycles. The van der Waals surface area contributed by atoms with Crippen molar-refractivity contribution in [3.8, 4) is 32.6 Å². The van der Waals surface area contributed by atoms with Crippen LogP contribution in [0, 0.1) is 0 Å². The van der Waals surface area contributed by atoms with Gasteiger partial charge in [-0.05, 0) is 11.1 Å². The van der Waals surface area contributed by atoms with Gasteiger partial charge in [-0.1, -0.05) is 60.7 Å². The lowest BCUT2D eigenvalue weighted by molar-refractivity contribution is -0.145. The van der Waals surface area contributed by atoms with Gasteiger partial charge < -0.3 is 19.1 Å². The zero-order valence-corrected chi connectivity index (χ0v) is 20.7. The van der Waals surface area contributed by atoms with E-state index in [4.69, 9.17) is 9.47 Å². The molecule has 38 heavy (non-hydrogen) atoms. The van der Waals surface area contributed by atoms with E-state index in [1.165, 1.54) is 33.7 Å². The fourth-order valence-electron chi connectivity index (χ4n) is 2.78. The molecule has 2 N–H and O–H groups in total. The summed E-state index contributed by atoms with van der Waals surface area (Å²) in [6, 6.07) is 18.2. The highest BCUT2D eigenvalue weighted by Crippen LogP contribution is 2.33. The number of carbonyl (C=O) groups is 4. The van der Waals surface area contributed by atoms with Gasteiger partial charge in [-0.2, -0.15) is 0 Å². The summed E-state index contributed by atoms with van der Waals surface area (Å²) in [5.74, 6) is -2.20. The van der Waals surface area contributed by atoms with Crippen LogP contribution in [0.3, 0.4) is 0 Å². The molecule has 0 atom stereocenters. The van der Waals surface area contributed by atoms with E-state index in [9.17, 15) is 19.2 Å². The van der Waals surface area contributed by atoms with Crippen LogP contribution >= 0.6 is 22.7 Å². The van der Waals surface area contributed by atoms with E-state index in [1.54, 1.807) is 11.0 Å². The number of benzene rings is 2. The molecule has 14 heteroatoms. The summed E-state index contributed by atoms with van der Waals surface area (Å²) in [4.78, 5) is 65.5. The molecule has 4 aromatic rings. The molecule has 0 bridgehead atoms. The molecule has 0 aliphatic heterocycles. The predicted molar refractivity (Wildman–Crippen MR) is 135 cm³/mol. The summed E-state index contributed by atoms with van der Waals surface area (Å²) in [6.45, 7) is 0. The van der Waals surface area contributed by atoms with Crippen molar-refractivity contribution in [2.45, 2.75) is 0 Å². The van der Waals surface area contributed by atoms with Crippen molar-refractivity contribution >= 4 is 46.8 Å². The largest absolute Gasteiger partial charge is 0.447 e. The lowest BCUT2D eigenvalue weighted by Gasteiger charge is -2.06. The normalized spacial score (nSPS) is 10.4. The Kier molecular flexibility index (Phi) is 8.72. The number of thiazole rings is 2. The zero-order valence-electron chi connectivity index (χ0n) is 19.1. The number of hydroxylamine groups is 2. The molecule has 0 unspecified atom stereocenters. The smallest absolute Gasteiger partial charge is 0.388 e. The first-order chi connectivity index (χ1) is 18.5. The van der Waals surface area contributed by atoms with Crippen LogP contribution in [0.2, 0.25) is 0 Å². The molecule has 2 aromatic heterocycles. The molecule has 0 saturated carbocycles. The predicted octanol–water partition coefficient (Wildman–Crippen LogP) is 4.28. The first-order valence-corrected chi connectivity index (χ1v) is 12.3. The van der Waals surface area contributed by atoms with E-state index in [2.05, 4.69) is 19.6 Å². The Balaban J connectivity index is 1.18. The monoisotopic (exact) mass is 552 g/mol. The Bertz CT molecular complexity index is 1340. The summed E-state index contributed by atoms with van der Waals surface area (Å²) >= 11 is 2.52. The SMILES string of the molecule is O=C(/C=C/C(=O)ONC(=O)Oc1ncsc1-c1ccccc1)ONC(=O)Oc1ncsc1-c1ccccc1. The number of ether oxygens (including phenoxy) is 2. The molecule has 0 fully saturated rings. The summed E-state index contributed by atoms with van der Waals surface area (Å²) in [5, 5.41) is 0. The second kappa shape index (κ2) is 12.8. The number of hydrogen-bond acceptors (Lipinski definition) is 12. The number of aromatic nitrogens is 2. The van der Waals surface area contributed by atoms with Crippen LogP contribution in [0.25, 0.3) is 20.9 Å². The van der Waals surface area contributed by atoms with Crippen LogP contribution in [-0.4, -0.2) is 34.1 Å². The van der Waals surface area contributed by atoms with Crippen LogP contribution in [0.1, 0.15) is 0 Å². The summed E-state index contributed by atoms with van der Waals surface area (Å²) < 4.78 is 10.1. The van der Waals surface area contributed by atoms with E-state index in [0.29, 0.717) is 21.9 Å². The van der Waals surface area contributed by atoms with Crippen LogP contribution < -0.4 is 20.4 Å². The third-order valence-corrected chi connectivity index (χ3v) is 6.06. The first-order valence-electron chi connectivity index (χ1n) is 10.5. The van der Waals surface area contributed by atoms with Gasteiger partial charge in [-0.3, -0.25) is 0 Å². The minimum atomic E-state index is -1.13. The van der Waals surface area contributed by atoms with Crippen LogP contribution in [0.4, 0.5) is 9.59 Å². The van der Waals surface area contributed by atoms with Crippen LogP contribution in [0.15, 0.2) is 83.8 Å². The zero-order chi connectivity index (χ0) is 26.7. The molecule has 12 nitrogen and oxygen atoms in total. The number of amides is 2. The highest BCUT2D eigenvalue weighted by atomic mass is 32.1. The molecular weight excluding hydrogens is 536 g/mol. The number of rotatable bonds is 6. The molecule has 4 rings (SSSR count). The molecule has 2 amide bonds. The molecular formula is C24H16N4O8S2. The van der Waals surface area contributed by atoms with Gasteiger partial charge in [0, 0.05) is 12.2 Å². The Morgan fingerprint density at radius 2 is 1.03 bits per heavy atom. The highest BCUT2D eigenvalue weighted by molar-refractivity contribution is 7.13. The molecule has 0 aliphatic carbocycles. The van der Waals surface area contributed by atoms with Crippen molar-refractivity contribution in [3.05, 3.63) is 83.8 Å². The maximum Gasteiger partial charge on any atom is 0.447 e. The van der Waals surface area contributed by atoms with Gasteiger partial charge in [0.15, 0.2) is 0 Å². The molecule has 0 spiro atoms. The number of carbonyl (C=O) groups excluding carboxylic acids is 4. The average molecular weight is 553 g/mol. The van der Waals surface area contributed by atoms with Gasteiger partial charge in [0.25, 0.3) is 0 Å². The highest BCUT2D eigenvalue weighted by Gasteiger charge is 2.16. The molecule has 192 valence electrons. The Morgan fingerprint density at radius 3 is 1.42 bits per heavy atom. The fourth-order valence-corrected chi connectivity index (χ4v) is 4.23. The van der Waals surface area contributed by atoms with E-state index in [0.717, 1.165) is 11.1 Å². The van der Waals surface area contributed by atoms with Crippen LogP contribution in [0.5, 0.6) is 11.8 Å². The van der Waals surface area contributed by atoms with Gasteiger partial charge in [-0.25, -0.2) is 29.1 Å². The number of hydrogen-bond donors (Lipinski definition) is 2. The molecule has 0 saturated heterocycles. The molecule has 0 aliphatic rings. The molecule has 2 aromatic carbocycles. The van der Waals surface area contributed by atoms with Crippen LogP contribution in [-0.2, 0) is 19.3 Å². The quantitative estimate of drug-likeness (QED) is 0.261. The van der Waals surface area contributed by atoms with E-state index in [-0.39, 0.29) is 11.8 Å². The first kappa shape index (κ1) is 26.0. The summed E-state index contributed by atoms with van der Waals surface area (Å²) in [5.41, 5.74) is 8.11. The van der Waals surface area contributed by atoms with Crippen molar-refractivity contribution < 1.29 is 38.3 Å². The second-order valence-electron chi connectivity index (χ2n) is 6.86. The standard InChI is InChI=1S/C24H16N4O8S2/c29-17(35-27-23(31)33-21-19(37-13-25-21)15-7-3-1-4-8-15)11-12-18(30)36-28-24(32)34-22-20(38-14-26-22)16-9-5-2-6-10-16/h1-14H,(H,27,31)(H,28,32)/b12-11+. The van der Waals surface area contributed by atoms with Crippen molar-refractivity contribution in [2.75, 3.05) is 0 Å². The van der Waals surface area contributed by atoms with E-state index >= 15 is 0 Å². The Morgan fingerprint density at radius 1 is 0.632 bits per heavy atom. The van der Waals surface area contributed by atoms with Gasteiger partial charge in [-0.15, -0.1) is 33.6 Å². The van der Waals surface area contributed by atoms with Gasteiger partial charge in [0.2, 0.25) is 11.8 Å². The van der Waals surface area contributed by atoms with E-state index in [1.807, 2.05) is 60.7 Å². The summed E-state index contributed by atoms with van der Waals surface area (Å²) in [7, 11) is 0. The molecule has 0 radical (unpaired) electrons. The minimum Gasteiger partial charge on any atom is -0.388 e. The topological polar surface area (TPSA) is 155 Å². The fraction of sp³-hybridized carbons (Fsp3) is 0. The van der Waals surface area contributed by atoms with Crippen molar-refractivity contribution in [2.24, 2.45) is 0 Å². The lowest BCUT2D eigenvalue weighted by atomic mass is 10.2. The lowest BCUT2D eigenvalue weighted by Crippen LogP contribution is -2.30. The maximum absolute atomic E-state index is 11.9. The second-order valence-corrected chi connectivity index (χ2v) is 8.57.